The van der Waals surface area contributed by atoms with Gasteiger partial charge in [-0.1, -0.05) is 31.5 Å². The molecule has 0 spiro atoms. The number of imidazole rings is 1. The van der Waals surface area contributed by atoms with Crippen LogP contribution in [-0.2, 0) is 22.6 Å². The van der Waals surface area contributed by atoms with Gasteiger partial charge in [0.1, 0.15) is 11.6 Å². The average molecular weight is 452 g/mol. The standard InChI is InChI=1S/C23H29N7O3/c1-2-3-10-30-15-26-20-22(27-21(28-23(20)30)18-14-24-9-11-33-18)25-13-17-6-4-5-16(12-17)7-8-19(31)29-32/h4-8,12,15,18,24,32H,2-3,9-11,13-14H2,1H3,(H,29,31)(H,25,27,28)/b8-7+. The largest absolute Gasteiger partial charge is 0.368 e. The molecule has 0 bridgehead atoms. The lowest BCUT2D eigenvalue weighted by Gasteiger charge is -2.23. The van der Waals surface area contributed by atoms with Crippen LogP contribution in [-0.4, -0.2) is 50.3 Å². The first-order valence-electron chi connectivity index (χ1n) is 11.2. The van der Waals surface area contributed by atoms with E-state index in [4.69, 9.17) is 19.9 Å². The van der Waals surface area contributed by atoms with Gasteiger partial charge in [0.25, 0.3) is 5.91 Å². The maximum absolute atomic E-state index is 11.2. The number of fused-ring (bicyclic) bond motifs is 1. The van der Waals surface area contributed by atoms with Gasteiger partial charge >= 0.3 is 0 Å². The highest BCUT2D eigenvalue weighted by Gasteiger charge is 2.22. The van der Waals surface area contributed by atoms with Crippen molar-refractivity contribution < 1.29 is 14.7 Å². The summed E-state index contributed by atoms with van der Waals surface area (Å²) in [6.45, 7) is 5.65. The molecule has 2 aromatic heterocycles. The third-order valence-corrected chi connectivity index (χ3v) is 5.40. The van der Waals surface area contributed by atoms with E-state index in [-0.39, 0.29) is 6.10 Å². The van der Waals surface area contributed by atoms with Gasteiger partial charge in [-0.25, -0.2) is 20.4 Å². The second kappa shape index (κ2) is 11.0. The number of carbonyl (C=O) groups excluding carboxylic acids is 1. The maximum atomic E-state index is 11.2. The van der Waals surface area contributed by atoms with Crippen LogP contribution in [0.4, 0.5) is 5.82 Å². The van der Waals surface area contributed by atoms with Crippen molar-refractivity contribution in [1.82, 2.24) is 30.3 Å². The van der Waals surface area contributed by atoms with Crippen molar-refractivity contribution in [3.05, 3.63) is 53.6 Å². The first-order chi connectivity index (χ1) is 16.2. The van der Waals surface area contributed by atoms with Crippen LogP contribution in [0.25, 0.3) is 17.2 Å². The van der Waals surface area contributed by atoms with Gasteiger partial charge in [-0.05, 0) is 29.7 Å². The molecule has 1 amide bonds. The molecule has 1 fully saturated rings. The van der Waals surface area contributed by atoms with Gasteiger partial charge in [-0.3, -0.25) is 10.0 Å². The van der Waals surface area contributed by atoms with Crippen LogP contribution in [0.15, 0.2) is 36.7 Å². The Morgan fingerprint density at radius 2 is 2.30 bits per heavy atom. The lowest BCUT2D eigenvalue weighted by molar-refractivity contribution is -0.124. The van der Waals surface area contributed by atoms with E-state index in [9.17, 15) is 4.79 Å². The van der Waals surface area contributed by atoms with Gasteiger partial charge in [-0.2, -0.15) is 0 Å². The van der Waals surface area contributed by atoms with Crippen LogP contribution < -0.4 is 16.1 Å². The second-order valence-corrected chi connectivity index (χ2v) is 7.87. The fourth-order valence-electron chi connectivity index (χ4n) is 3.65. The molecule has 1 atom stereocenters. The van der Waals surface area contributed by atoms with Crippen LogP contribution in [0, 0.1) is 0 Å². The highest BCUT2D eigenvalue weighted by molar-refractivity contribution is 5.90. The van der Waals surface area contributed by atoms with Crippen molar-refractivity contribution in [2.75, 3.05) is 25.0 Å². The Balaban J connectivity index is 1.59. The van der Waals surface area contributed by atoms with E-state index in [1.165, 1.54) is 6.08 Å². The molecule has 33 heavy (non-hydrogen) atoms. The van der Waals surface area contributed by atoms with E-state index in [1.54, 1.807) is 11.6 Å². The number of unbranched alkanes of at least 4 members (excludes halogenated alkanes) is 1. The Labute approximate surface area is 192 Å². The number of ether oxygens (including phenoxy) is 1. The summed E-state index contributed by atoms with van der Waals surface area (Å²) in [6.07, 6.45) is 6.66. The number of nitrogens with one attached hydrogen (secondary N) is 3. The molecular weight excluding hydrogens is 422 g/mol. The molecule has 1 aliphatic rings. The zero-order chi connectivity index (χ0) is 23.0. The summed E-state index contributed by atoms with van der Waals surface area (Å²) in [5, 5.41) is 15.4. The summed E-state index contributed by atoms with van der Waals surface area (Å²) < 4.78 is 7.97. The summed E-state index contributed by atoms with van der Waals surface area (Å²) in [7, 11) is 0. The number of amides is 1. The number of hydroxylamine groups is 1. The van der Waals surface area contributed by atoms with Crippen molar-refractivity contribution in [3.63, 3.8) is 0 Å². The summed E-state index contributed by atoms with van der Waals surface area (Å²) in [6, 6.07) is 7.75. The lowest BCUT2D eigenvalue weighted by atomic mass is 10.1. The molecule has 4 rings (SSSR count). The Bertz CT molecular complexity index is 1120. The van der Waals surface area contributed by atoms with Crippen molar-refractivity contribution in [3.8, 4) is 0 Å². The zero-order valence-corrected chi connectivity index (χ0v) is 18.6. The Kier molecular flexibility index (Phi) is 7.61. The molecular formula is C23H29N7O3. The molecule has 3 aromatic rings. The number of benzene rings is 1. The molecule has 0 saturated carbocycles. The van der Waals surface area contributed by atoms with Crippen molar-refractivity contribution in [2.24, 2.45) is 0 Å². The fourth-order valence-corrected chi connectivity index (χ4v) is 3.65. The number of anilines is 1. The van der Waals surface area contributed by atoms with Gasteiger partial charge in [0.15, 0.2) is 17.3 Å². The van der Waals surface area contributed by atoms with Gasteiger partial charge in [0, 0.05) is 32.3 Å². The summed E-state index contributed by atoms with van der Waals surface area (Å²) in [4.78, 5) is 25.4. The molecule has 0 radical (unpaired) electrons. The molecule has 1 saturated heterocycles. The molecule has 10 heteroatoms. The number of hydrogen-bond acceptors (Lipinski definition) is 8. The minimum atomic E-state index is -0.576. The Morgan fingerprint density at radius 1 is 1.39 bits per heavy atom. The highest BCUT2D eigenvalue weighted by Crippen LogP contribution is 2.24. The number of carbonyl (C=O) groups is 1. The van der Waals surface area contributed by atoms with E-state index in [2.05, 4.69) is 27.1 Å². The second-order valence-electron chi connectivity index (χ2n) is 7.87. The van der Waals surface area contributed by atoms with Crippen LogP contribution in [0.3, 0.4) is 0 Å². The zero-order valence-electron chi connectivity index (χ0n) is 18.6. The van der Waals surface area contributed by atoms with E-state index in [1.807, 2.05) is 30.6 Å². The van der Waals surface area contributed by atoms with E-state index < -0.39 is 5.91 Å². The smallest absolute Gasteiger partial charge is 0.267 e. The van der Waals surface area contributed by atoms with Crippen LogP contribution in [0.1, 0.15) is 42.8 Å². The maximum Gasteiger partial charge on any atom is 0.267 e. The number of nitrogens with zero attached hydrogens (tertiary/aromatic N) is 4. The summed E-state index contributed by atoms with van der Waals surface area (Å²) in [5.74, 6) is 0.731. The third-order valence-electron chi connectivity index (χ3n) is 5.40. The number of aryl methyl sites for hydroxylation is 1. The molecule has 10 nitrogen and oxygen atoms in total. The third kappa shape index (κ3) is 5.72. The molecule has 0 aliphatic carbocycles. The first kappa shape index (κ1) is 22.8. The van der Waals surface area contributed by atoms with E-state index in [0.29, 0.717) is 31.3 Å². The lowest BCUT2D eigenvalue weighted by Crippen LogP contribution is -2.34. The van der Waals surface area contributed by atoms with Crippen LogP contribution >= 0.6 is 0 Å². The van der Waals surface area contributed by atoms with Crippen LogP contribution in [0.2, 0.25) is 0 Å². The van der Waals surface area contributed by atoms with Gasteiger partial charge in [-0.15, -0.1) is 0 Å². The number of rotatable bonds is 9. The molecule has 174 valence electrons. The van der Waals surface area contributed by atoms with Gasteiger partial charge in [0.2, 0.25) is 0 Å². The van der Waals surface area contributed by atoms with Crippen molar-refractivity contribution >= 4 is 29.0 Å². The number of morpholine rings is 1. The van der Waals surface area contributed by atoms with E-state index >= 15 is 0 Å². The molecule has 4 N–H and O–H groups in total. The van der Waals surface area contributed by atoms with Gasteiger partial charge in [0.05, 0.1) is 12.9 Å². The fraction of sp³-hybridized carbons (Fsp3) is 0.391. The molecule has 1 aliphatic heterocycles. The van der Waals surface area contributed by atoms with Crippen molar-refractivity contribution in [2.45, 2.75) is 39.0 Å². The topological polar surface area (TPSA) is 126 Å². The predicted molar refractivity (Wildman–Crippen MR) is 125 cm³/mol. The molecule has 3 heterocycles. The Morgan fingerprint density at radius 3 is 3.09 bits per heavy atom. The average Bonchev–Trinajstić information content (AvgIpc) is 3.28. The predicted octanol–water partition coefficient (Wildman–Crippen LogP) is 2.42. The van der Waals surface area contributed by atoms with Crippen LogP contribution in [0.5, 0.6) is 0 Å². The SMILES string of the molecule is CCCCn1cnc2c(NCc3cccc(/C=C/C(=O)NO)c3)nc(C3CNCCO3)nc21. The Hall–Kier alpha value is -3.34. The quantitative estimate of drug-likeness (QED) is 0.222. The van der Waals surface area contributed by atoms with E-state index in [0.717, 1.165) is 48.2 Å². The first-order valence-corrected chi connectivity index (χ1v) is 11.2. The minimum absolute atomic E-state index is 0.204. The molecule has 1 aromatic carbocycles. The van der Waals surface area contributed by atoms with Crippen molar-refractivity contribution in [1.29, 1.82) is 0 Å². The van der Waals surface area contributed by atoms with Gasteiger partial charge < -0.3 is 19.9 Å². The normalized spacial score (nSPS) is 16.4. The number of aromatic nitrogens is 4. The highest BCUT2D eigenvalue weighted by atomic mass is 16.5. The summed E-state index contributed by atoms with van der Waals surface area (Å²) >= 11 is 0. The number of hydrogen-bond donors (Lipinski definition) is 4. The monoisotopic (exact) mass is 451 g/mol. The molecule has 1 unspecified atom stereocenters. The summed E-state index contributed by atoms with van der Waals surface area (Å²) in [5.41, 5.74) is 4.97. The minimum Gasteiger partial charge on any atom is -0.368 e.